The van der Waals surface area contributed by atoms with Gasteiger partial charge in [0.25, 0.3) is 5.91 Å². The molecule has 0 spiro atoms. The SMILES string of the molecule is CCOc1ccc(C(=O)NNC(=O)C(=O)NC(C)CC)cc1OCC. The molecule has 0 bridgehead atoms. The minimum Gasteiger partial charge on any atom is -0.490 e. The van der Waals surface area contributed by atoms with Gasteiger partial charge in [-0.15, -0.1) is 0 Å². The summed E-state index contributed by atoms with van der Waals surface area (Å²) in [6, 6.07) is 4.53. The van der Waals surface area contributed by atoms with E-state index < -0.39 is 17.7 Å². The molecule has 1 aromatic rings. The first-order valence-electron chi connectivity index (χ1n) is 8.23. The third kappa shape index (κ3) is 6.33. The number of rotatable bonds is 7. The van der Waals surface area contributed by atoms with Gasteiger partial charge < -0.3 is 14.8 Å². The monoisotopic (exact) mass is 351 g/mol. The van der Waals surface area contributed by atoms with Gasteiger partial charge in [-0.25, -0.2) is 0 Å². The fourth-order valence-electron chi connectivity index (χ4n) is 1.83. The number of benzene rings is 1. The van der Waals surface area contributed by atoms with Crippen molar-refractivity contribution < 1.29 is 23.9 Å². The van der Waals surface area contributed by atoms with Crippen molar-refractivity contribution in [2.24, 2.45) is 0 Å². The lowest BCUT2D eigenvalue weighted by Crippen LogP contribution is -2.50. The summed E-state index contributed by atoms with van der Waals surface area (Å²) >= 11 is 0. The Bertz CT molecular complexity index is 618. The van der Waals surface area contributed by atoms with Crippen LogP contribution in [0, 0.1) is 0 Å². The molecule has 1 atom stereocenters. The Morgan fingerprint density at radius 1 is 0.960 bits per heavy atom. The van der Waals surface area contributed by atoms with Crippen LogP contribution >= 0.6 is 0 Å². The molecule has 1 aromatic carbocycles. The summed E-state index contributed by atoms with van der Waals surface area (Å²) in [6.07, 6.45) is 0.692. The Hall–Kier alpha value is -2.77. The van der Waals surface area contributed by atoms with E-state index in [0.717, 1.165) is 0 Å². The number of ether oxygens (including phenoxy) is 2. The van der Waals surface area contributed by atoms with Crippen molar-refractivity contribution >= 4 is 17.7 Å². The van der Waals surface area contributed by atoms with Crippen LogP contribution in [0.1, 0.15) is 44.5 Å². The number of hydrogen-bond acceptors (Lipinski definition) is 5. The van der Waals surface area contributed by atoms with Gasteiger partial charge in [0.15, 0.2) is 11.5 Å². The van der Waals surface area contributed by atoms with Crippen LogP contribution in [0.3, 0.4) is 0 Å². The normalized spacial score (nSPS) is 11.2. The zero-order valence-electron chi connectivity index (χ0n) is 15.0. The van der Waals surface area contributed by atoms with Gasteiger partial charge in [0, 0.05) is 11.6 Å². The van der Waals surface area contributed by atoms with Crippen LogP contribution in [0.15, 0.2) is 18.2 Å². The molecule has 0 aliphatic rings. The van der Waals surface area contributed by atoms with Gasteiger partial charge in [-0.1, -0.05) is 6.92 Å². The van der Waals surface area contributed by atoms with E-state index in [1.54, 1.807) is 13.0 Å². The van der Waals surface area contributed by atoms with E-state index >= 15 is 0 Å². The molecule has 0 aliphatic carbocycles. The van der Waals surface area contributed by atoms with Crippen LogP contribution in [0.2, 0.25) is 0 Å². The second kappa shape index (κ2) is 10.2. The molecule has 138 valence electrons. The smallest absolute Gasteiger partial charge is 0.327 e. The highest BCUT2D eigenvalue weighted by Crippen LogP contribution is 2.28. The Kier molecular flexibility index (Phi) is 8.25. The van der Waals surface area contributed by atoms with E-state index in [0.29, 0.717) is 31.1 Å². The standard InChI is InChI=1S/C17H25N3O5/c1-5-11(4)18-16(22)17(23)20-19-15(21)12-8-9-13(24-6-2)14(10-12)25-7-3/h8-11H,5-7H2,1-4H3,(H,18,22)(H,19,21)(H,20,23). The second-order valence-corrected chi connectivity index (χ2v) is 5.22. The van der Waals surface area contributed by atoms with Crippen molar-refractivity contribution in [1.29, 1.82) is 0 Å². The fourth-order valence-corrected chi connectivity index (χ4v) is 1.83. The van der Waals surface area contributed by atoms with E-state index in [4.69, 9.17) is 9.47 Å². The molecule has 0 fully saturated rings. The van der Waals surface area contributed by atoms with Crippen LogP contribution < -0.4 is 25.6 Å². The third-order valence-electron chi connectivity index (χ3n) is 3.29. The average Bonchev–Trinajstić information content (AvgIpc) is 2.60. The van der Waals surface area contributed by atoms with E-state index in [2.05, 4.69) is 16.2 Å². The van der Waals surface area contributed by atoms with Gasteiger partial charge in [0.2, 0.25) is 0 Å². The minimum absolute atomic E-state index is 0.131. The zero-order chi connectivity index (χ0) is 18.8. The molecule has 3 N–H and O–H groups in total. The predicted octanol–water partition coefficient (Wildman–Crippen LogP) is 1.16. The average molecular weight is 351 g/mol. The summed E-state index contributed by atoms with van der Waals surface area (Å²) in [5.41, 5.74) is 4.53. The summed E-state index contributed by atoms with van der Waals surface area (Å²) in [5, 5.41) is 2.50. The lowest BCUT2D eigenvalue weighted by Gasteiger charge is -2.13. The van der Waals surface area contributed by atoms with Crippen molar-refractivity contribution in [3.05, 3.63) is 23.8 Å². The maximum absolute atomic E-state index is 12.1. The van der Waals surface area contributed by atoms with Crippen molar-refractivity contribution in [2.45, 2.75) is 40.2 Å². The highest BCUT2D eigenvalue weighted by molar-refractivity contribution is 6.35. The molecular weight excluding hydrogens is 326 g/mol. The number of nitrogens with one attached hydrogen (secondary N) is 3. The Morgan fingerprint density at radius 3 is 2.20 bits per heavy atom. The van der Waals surface area contributed by atoms with Crippen molar-refractivity contribution in [1.82, 2.24) is 16.2 Å². The highest BCUT2D eigenvalue weighted by Gasteiger charge is 2.17. The summed E-state index contributed by atoms with van der Waals surface area (Å²) < 4.78 is 10.9. The molecule has 1 rings (SSSR count). The van der Waals surface area contributed by atoms with E-state index in [9.17, 15) is 14.4 Å². The molecule has 0 aliphatic heterocycles. The van der Waals surface area contributed by atoms with Crippen molar-refractivity contribution in [3.8, 4) is 11.5 Å². The molecule has 0 heterocycles. The third-order valence-corrected chi connectivity index (χ3v) is 3.29. The molecule has 3 amide bonds. The highest BCUT2D eigenvalue weighted by atomic mass is 16.5. The molecule has 8 nitrogen and oxygen atoms in total. The molecular formula is C17H25N3O5. The minimum atomic E-state index is -0.940. The van der Waals surface area contributed by atoms with Crippen LogP contribution in [-0.4, -0.2) is 37.0 Å². The number of carbonyl (C=O) groups is 3. The number of carbonyl (C=O) groups excluding carboxylic acids is 3. The van der Waals surface area contributed by atoms with Crippen LogP contribution in [0.5, 0.6) is 11.5 Å². The molecule has 8 heteroatoms. The molecule has 1 unspecified atom stereocenters. The first kappa shape index (κ1) is 20.3. The summed E-state index contributed by atoms with van der Waals surface area (Å²) in [5.74, 6) is -1.37. The quantitative estimate of drug-likeness (QED) is 0.505. The topological polar surface area (TPSA) is 106 Å². The van der Waals surface area contributed by atoms with Crippen LogP contribution in [0.4, 0.5) is 0 Å². The number of amides is 3. The second-order valence-electron chi connectivity index (χ2n) is 5.22. The largest absolute Gasteiger partial charge is 0.490 e. The van der Waals surface area contributed by atoms with Gasteiger partial charge in [-0.05, 0) is 45.4 Å². The van der Waals surface area contributed by atoms with Crippen molar-refractivity contribution in [3.63, 3.8) is 0 Å². The maximum Gasteiger partial charge on any atom is 0.327 e. The Balaban J connectivity index is 2.69. The lowest BCUT2D eigenvalue weighted by atomic mass is 10.2. The van der Waals surface area contributed by atoms with Gasteiger partial charge in [-0.3, -0.25) is 25.2 Å². The van der Waals surface area contributed by atoms with Crippen LogP contribution in [0.25, 0.3) is 0 Å². The van der Waals surface area contributed by atoms with Gasteiger partial charge in [0.05, 0.1) is 13.2 Å². The Labute approximate surface area is 147 Å². The molecule has 0 saturated carbocycles. The van der Waals surface area contributed by atoms with Gasteiger partial charge in [-0.2, -0.15) is 0 Å². The van der Waals surface area contributed by atoms with E-state index in [1.807, 2.05) is 20.8 Å². The summed E-state index contributed by atoms with van der Waals surface area (Å²) in [6.45, 7) is 8.20. The molecule has 0 saturated heterocycles. The van der Waals surface area contributed by atoms with Gasteiger partial charge >= 0.3 is 11.8 Å². The molecule has 25 heavy (non-hydrogen) atoms. The summed E-state index contributed by atoms with van der Waals surface area (Å²) in [4.78, 5) is 35.4. The first-order valence-corrected chi connectivity index (χ1v) is 8.23. The van der Waals surface area contributed by atoms with Gasteiger partial charge in [0.1, 0.15) is 0 Å². The zero-order valence-corrected chi connectivity index (χ0v) is 15.0. The lowest BCUT2D eigenvalue weighted by molar-refractivity contribution is -0.140. The number of hydrazine groups is 1. The molecule has 0 aromatic heterocycles. The van der Waals surface area contributed by atoms with Crippen molar-refractivity contribution in [2.75, 3.05) is 13.2 Å². The van der Waals surface area contributed by atoms with E-state index in [-0.39, 0.29) is 11.6 Å². The molecule has 0 radical (unpaired) electrons. The first-order chi connectivity index (χ1) is 11.9. The van der Waals surface area contributed by atoms with E-state index in [1.165, 1.54) is 12.1 Å². The van der Waals surface area contributed by atoms with Crippen LogP contribution in [-0.2, 0) is 9.59 Å². The number of hydrogen-bond donors (Lipinski definition) is 3. The maximum atomic E-state index is 12.1. The fraction of sp³-hybridized carbons (Fsp3) is 0.471. The summed E-state index contributed by atoms with van der Waals surface area (Å²) in [7, 11) is 0. The Morgan fingerprint density at radius 2 is 1.60 bits per heavy atom. The predicted molar refractivity (Wildman–Crippen MR) is 92.3 cm³/mol.